The van der Waals surface area contributed by atoms with Crippen molar-refractivity contribution in [1.29, 1.82) is 0 Å². The molecule has 1 heterocycles. The van der Waals surface area contributed by atoms with Crippen molar-refractivity contribution in [3.63, 3.8) is 0 Å². The summed E-state index contributed by atoms with van der Waals surface area (Å²) in [6, 6.07) is 2.34. The van der Waals surface area contributed by atoms with Crippen LogP contribution in [0.1, 0.15) is 18.2 Å². The average Bonchev–Trinajstić information content (AvgIpc) is 2.03. The molecule has 0 bridgehead atoms. The van der Waals surface area contributed by atoms with Gasteiger partial charge in [0.1, 0.15) is 0 Å². The van der Waals surface area contributed by atoms with Gasteiger partial charge in [0.25, 0.3) is 5.92 Å². The third-order valence-corrected chi connectivity index (χ3v) is 1.33. The summed E-state index contributed by atoms with van der Waals surface area (Å²) < 4.78 is 25.2. The van der Waals surface area contributed by atoms with Crippen molar-refractivity contribution in [2.45, 2.75) is 12.8 Å². The van der Waals surface area contributed by atoms with E-state index < -0.39 is 11.6 Å². The predicted octanol–water partition coefficient (Wildman–Crippen LogP) is 2.10. The zero-order chi connectivity index (χ0) is 9.19. The van der Waals surface area contributed by atoms with E-state index in [9.17, 15) is 13.6 Å². The van der Waals surface area contributed by atoms with Crippen LogP contribution in [0.2, 0.25) is 0 Å². The number of halogens is 2. The van der Waals surface area contributed by atoms with Crippen LogP contribution >= 0.6 is 0 Å². The molecule has 1 rings (SSSR count). The Bertz CT molecular complexity index is 299. The van der Waals surface area contributed by atoms with Gasteiger partial charge < -0.3 is 12.2 Å². The van der Waals surface area contributed by atoms with E-state index >= 15 is 0 Å². The molecule has 5 heteroatoms. The summed E-state index contributed by atoms with van der Waals surface area (Å²) in [5, 5.41) is 0. The molecule has 2 nitrogen and oxygen atoms in total. The standard InChI is InChI=1S/C8H6F2NO.CH3.U/c1-8(9,10)7-4-6(5-12)2-3-11-7;;/h2-4H,1H3;1H3;/q2*-1;+2. The van der Waals surface area contributed by atoms with E-state index in [1.165, 1.54) is 12.4 Å². The van der Waals surface area contributed by atoms with Crippen LogP contribution in [-0.2, 0) is 10.7 Å². The molecule has 0 radical (unpaired) electrons. The van der Waals surface area contributed by atoms with Crippen LogP contribution in [0, 0.1) is 38.5 Å². The van der Waals surface area contributed by atoms with E-state index in [0.717, 1.165) is 19.2 Å². The van der Waals surface area contributed by atoms with Crippen LogP contribution in [0.25, 0.3) is 0 Å². The van der Waals surface area contributed by atoms with Gasteiger partial charge in [0.15, 0.2) is 0 Å². The van der Waals surface area contributed by atoms with Crippen molar-refractivity contribution >= 4 is 6.29 Å². The second-order valence-corrected chi connectivity index (χ2v) is 2.42. The molecule has 0 aliphatic rings. The Morgan fingerprint density at radius 1 is 1.50 bits per heavy atom. The molecule has 0 atom stereocenters. The minimum Gasteiger partial charge on any atom is -0.376 e. The Morgan fingerprint density at radius 2 is 2.07 bits per heavy atom. The first kappa shape index (κ1) is 16.2. The van der Waals surface area contributed by atoms with Gasteiger partial charge >= 0.3 is 31.1 Å². The number of pyridine rings is 1. The number of carbonyl (C=O) groups excluding carboxylic acids is 1. The fraction of sp³-hybridized carbons (Fsp3) is 0.222. The summed E-state index contributed by atoms with van der Waals surface area (Å²) in [6.45, 7) is 0.726. The molecule has 1 aromatic rings. The molecule has 0 aromatic carbocycles. The monoisotopic (exact) mass is 423 g/mol. The van der Waals surface area contributed by atoms with E-state index in [0.29, 0.717) is 0 Å². The molecule has 0 aliphatic heterocycles. The summed E-state index contributed by atoms with van der Waals surface area (Å²) in [5.74, 6) is -3.01. The van der Waals surface area contributed by atoms with Crippen molar-refractivity contribution in [2.24, 2.45) is 0 Å². The van der Waals surface area contributed by atoms with Gasteiger partial charge in [-0.25, -0.2) is 8.78 Å². The predicted molar refractivity (Wildman–Crippen MR) is 45.0 cm³/mol. The summed E-state index contributed by atoms with van der Waals surface area (Å²) in [7, 11) is 0. The molecule has 0 saturated heterocycles. The van der Waals surface area contributed by atoms with Crippen molar-refractivity contribution in [2.75, 3.05) is 0 Å². The zero-order valence-corrected chi connectivity index (χ0v) is 12.0. The second kappa shape index (κ2) is 6.26. The topological polar surface area (TPSA) is 30.0 Å². The molecular formula is C9H9F2NOU. The molecule has 0 unspecified atom stereocenters. The van der Waals surface area contributed by atoms with Gasteiger partial charge in [-0.2, -0.15) is 0 Å². The zero-order valence-electron chi connectivity index (χ0n) is 7.84. The minimum atomic E-state index is -3.01. The van der Waals surface area contributed by atoms with Crippen molar-refractivity contribution in [3.05, 3.63) is 37.0 Å². The Hall–Kier alpha value is -0.268. The van der Waals surface area contributed by atoms with Crippen molar-refractivity contribution in [3.8, 4) is 0 Å². The van der Waals surface area contributed by atoms with Gasteiger partial charge in [0.2, 0.25) is 0 Å². The fourth-order valence-electron chi connectivity index (χ4n) is 0.734. The average molecular weight is 423 g/mol. The van der Waals surface area contributed by atoms with E-state index in [1.807, 2.05) is 0 Å². The minimum absolute atomic E-state index is 0. The third-order valence-electron chi connectivity index (χ3n) is 1.33. The maximum atomic E-state index is 12.6. The third kappa shape index (κ3) is 4.30. The number of hydrogen-bond acceptors (Lipinski definition) is 2. The van der Waals surface area contributed by atoms with Crippen LogP contribution in [0.15, 0.2) is 18.3 Å². The Kier molecular flexibility index (Phi) is 7.23. The second-order valence-electron chi connectivity index (χ2n) is 2.42. The summed E-state index contributed by atoms with van der Waals surface area (Å²) >= 11 is 0. The number of nitrogens with zero attached hydrogens (tertiary/aromatic N) is 1. The normalized spacial score (nSPS) is 9.64. The molecule has 74 valence electrons. The Labute approximate surface area is 105 Å². The number of rotatable bonds is 2. The largest absolute Gasteiger partial charge is 2.00 e. The summed E-state index contributed by atoms with van der Waals surface area (Å²) in [4.78, 5) is 13.5. The van der Waals surface area contributed by atoms with Gasteiger partial charge in [0.05, 0.1) is 12.0 Å². The van der Waals surface area contributed by atoms with E-state index in [1.54, 1.807) is 0 Å². The molecule has 0 amide bonds. The smallest absolute Gasteiger partial charge is 0.376 e. The number of aromatic nitrogens is 1. The fourth-order valence-corrected chi connectivity index (χ4v) is 0.734. The molecule has 14 heavy (non-hydrogen) atoms. The van der Waals surface area contributed by atoms with Gasteiger partial charge in [0, 0.05) is 6.92 Å². The first-order chi connectivity index (χ1) is 5.54. The van der Waals surface area contributed by atoms with Crippen LogP contribution in [-0.4, -0.2) is 11.3 Å². The number of alkyl halides is 2. The van der Waals surface area contributed by atoms with Crippen molar-refractivity contribution < 1.29 is 44.7 Å². The van der Waals surface area contributed by atoms with Gasteiger partial charge in [-0.1, -0.05) is 0 Å². The van der Waals surface area contributed by atoms with Crippen LogP contribution in [0.5, 0.6) is 0 Å². The molecule has 0 N–H and O–H groups in total. The molecule has 0 saturated carbocycles. The van der Waals surface area contributed by atoms with Crippen LogP contribution in [0.3, 0.4) is 0 Å². The molecule has 0 fully saturated rings. The first-order valence-electron chi connectivity index (χ1n) is 3.26. The van der Waals surface area contributed by atoms with Crippen molar-refractivity contribution in [1.82, 2.24) is 4.98 Å². The maximum Gasteiger partial charge on any atom is 2.00 e. The SMILES string of the molecule is CC(F)(F)c1cc([C-]=O)ccn1.[CH3-].[U+2]. The maximum absolute atomic E-state index is 12.6. The Balaban J connectivity index is 0. The number of hydrogen-bond donors (Lipinski definition) is 0. The summed E-state index contributed by atoms with van der Waals surface area (Å²) in [5.41, 5.74) is -0.329. The summed E-state index contributed by atoms with van der Waals surface area (Å²) in [6.07, 6.45) is 2.68. The first-order valence-corrected chi connectivity index (χ1v) is 3.26. The Morgan fingerprint density at radius 3 is 2.50 bits per heavy atom. The quantitative estimate of drug-likeness (QED) is 0.683. The molecule has 0 spiro atoms. The van der Waals surface area contributed by atoms with E-state index in [-0.39, 0.29) is 44.1 Å². The van der Waals surface area contributed by atoms with Gasteiger partial charge in [-0.05, 0) is 6.20 Å². The van der Waals surface area contributed by atoms with Gasteiger partial charge in [-0.15, -0.1) is 17.7 Å². The van der Waals surface area contributed by atoms with Crippen LogP contribution in [0.4, 0.5) is 8.78 Å². The molecule has 0 aliphatic carbocycles. The molecule has 1 aromatic heterocycles. The molecular weight excluding hydrogens is 414 g/mol. The van der Waals surface area contributed by atoms with Crippen LogP contribution < -0.4 is 0 Å². The van der Waals surface area contributed by atoms with E-state index in [4.69, 9.17) is 0 Å². The van der Waals surface area contributed by atoms with Gasteiger partial charge in [-0.3, -0.25) is 4.98 Å². The van der Waals surface area contributed by atoms with E-state index in [2.05, 4.69) is 4.98 Å².